The van der Waals surface area contributed by atoms with Gasteiger partial charge in [-0.2, -0.15) is 4.98 Å². The van der Waals surface area contributed by atoms with Crippen LogP contribution in [-0.2, 0) is 11.3 Å². The molecule has 2 fully saturated rings. The van der Waals surface area contributed by atoms with Gasteiger partial charge < -0.3 is 16.0 Å². The topological polar surface area (TPSA) is 97.0 Å². The summed E-state index contributed by atoms with van der Waals surface area (Å²) in [4.78, 5) is 28.6. The van der Waals surface area contributed by atoms with Crippen molar-refractivity contribution in [3.05, 3.63) is 28.8 Å². The van der Waals surface area contributed by atoms with Gasteiger partial charge in [0, 0.05) is 23.7 Å². The van der Waals surface area contributed by atoms with E-state index < -0.39 is 0 Å². The predicted octanol–water partition coefficient (Wildman–Crippen LogP) is 3.00. The first kappa shape index (κ1) is 19.1. The second kappa shape index (κ2) is 7.66. The van der Waals surface area contributed by atoms with Crippen molar-refractivity contribution in [1.82, 2.24) is 20.3 Å². The first-order chi connectivity index (χ1) is 13.5. The van der Waals surface area contributed by atoms with Gasteiger partial charge in [-0.1, -0.05) is 13.8 Å². The summed E-state index contributed by atoms with van der Waals surface area (Å²) in [7, 11) is 0. The predicted molar refractivity (Wildman–Crippen MR) is 111 cm³/mol. The van der Waals surface area contributed by atoms with Gasteiger partial charge >= 0.3 is 0 Å². The average molecular weight is 401 g/mol. The minimum atomic E-state index is -0.386. The second-order valence-electron chi connectivity index (χ2n) is 8.38. The molecule has 0 spiro atoms. The molecule has 4 heterocycles. The zero-order valence-electron chi connectivity index (χ0n) is 16.5. The van der Waals surface area contributed by atoms with Crippen LogP contribution >= 0.6 is 11.3 Å². The molecular weight excluding hydrogens is 372 g/mol. The molecule has 1 amide bonds. The smallest absolute Gasteiger partial charge is 0.228 e. The van der Waals surface area contributed by atoms with Gasteiger partial charge in [0.1, 0.15) is 5.82 Å². The molecule has 0 radical (unpaired) electrons. The van der Waals surface area contributed by atoms with E-state index in [9.17, 15) is 4.79 Å². The first-order valence-corrected chi connectivity index (χ1v) is 11.0. The number of nitrogens with one attached hydrogen (secondary N) is 1. The number of carbonyl (C=O) groups is 1. The highest BCUT2D eigenvalue weighted by molar-refractivity contribution is 7.07. The highest BCUT2D eigenvalue weighted by Gasteiger charge is 2.59. The van der Waals surface area contributed by atoms with Gasteiger partial charge in [-0.25, -0.2) is 9.97 Å². The van der Waals surface area contributed by atoms with E-state index in [4.69, 9.17) is 5.73 Å². The Labute approximate surface area is 169 Å². The number of nitrogens with two attached hydrogens (primary N) is 1. The molecule has 7 nitrogen and oxygen atoms in total. The van der Waals surface area contributed by atoms with Crippen LogP contribution in [0.25, 0.3) is 0 Å². The van der Waals surface area contributed by atoms with Crippen LogP contribution in [0.4, 0.5) is 11.8 Å². The third-order valence-electron chi connectivity index (χ3n) is 6.20. The molecule has 0 saturated carbocycles. The van der Waals surface area contributed by atoms with Crippen molar-refractivity contribution >= 4 is 29.0 Å². The summed E-state index contributed by atoms with van der Waals surface area (Å²) in [5.74, 6) is 1.84. The zero-order valence-corrected chi connectivity index (χ0v) is 17.3. The molecule has 3 atom stereocenters. The molecule has 3 N–H and O–H groups in total. The van der Waals surface area contributed by atoms with Crippen molar-refractivity contribution in [3.8, 4) is 0 Å². The number of nitrogens with zero attached hydrogens (tertiary/aromatic N) is 4. The maximum atomic E-state index is 13.5. The lowest BCUT2D eigenvalue weighted by Crippen LogP contribution is -2.49. The number of thiazole rings is 1. The third kappa shape index (κ3) is 3.45. The molecule has 150 valence electrons. The van der Waals surface area contributed by atoms with E-state index in [1.165, 1.54) is 0 Å². The summed E-state index contributed by atoms with van der Waals surface area (Å²) < 4.78 is 0. The molecule has 0 aliphatic carbocycles. The monoisotopic (exact) mass is 400 g/mol. The van der Waals surface area contributed by atoms with E-state index in [1.807, 2.05) is 11.4 Å². The molecule has 2 aliphatic rings. The van der Waals surface area contributed by atoms with Crippen LogP contribution in [0.1, 0.15) is 51.6 Å². The second-order valence-corrected chi connectivity index (χ2v) is 9.10. The average Bonchev–Trinajstić information content (AvgIpc) is 3.40. The highest BCUT2D eigenvalue weighted by Crippen LogP contribution is 2.54. The zero-order chi connectivity index (χ0) is 19.7. The maximum absolute atomic E-state index is 13.5. The number of aromatic nitrogens is 3. The number of anilines is 2. The van der Waals surface area contributed by atoms with E-state index >= 15 is 0 Å². The van der Waals surface area contributed by atoms with Crippen LogP contribution in [0.15, 0.2) is 23.2 Å². The van der Waals surface area contributed by atoms with Crippen LogP contribution < -0.4 is 16.0 Å². The van der Waals surface area contributed by atoms with Gasteiger partial charge in [-0.3, -0.25) is 4.79 Å². The van der Waals surface area contributed by atoms with Gasteiger partial charge in [0.2, 0.25) is 11.9 Å². The van der Waals surface area contributed by atoms with Gasteiger partial charge in [0.05, 0.1) is 23.2 Å². The highest BCUT2D eigenvalue weighted by atomic mass is 32.1. The summed E-state index contributed by atoms with van der Waals surface area (Å²) in [6, 6.07) is 2.39. The number of rotatable bonds is 7. The Morgan fingerprint density at radius 1 is 1.43 bits per heavy atom. The minimum absolute atomic E-state index is 0.153. The summed E-state index contributed by atoms with van der Waals surface area (Å²) in [6.45, 7) is 4.93. The van der Waals surface area contributed by atoms with Crippen molar-refractivity contribution in [2.45, 2.75) is 64.6 Å². The number of hydrogen-bond acceptors (Lipinski definition) is 7. The Hall–Kier alpha value is -2.22. The van der Waals surface area contributed by atoms with Crippen LogP contribution in [0.2, 0.25) is 0 Å². The molecular formula is C20H28N6OS. The molecule has 0 aromatic carbocycles. The van der Waals surface area contributed by atoms with Crippen molar-refractivity contribution < 1.29 is 4.79 Å². The Morgan fingerprint density at radius 2 is 2.29 bits per heavy atom. The Morgan fingerprint density at radius 3 is 3.00 bits per heavy atom. The quantitative estimate of drug-likeness (QED) is 0.742. The van der Waals surface area contributed by atoms with Crippen molar-refractivity contribution in [2.75, 3.05) is 10.6 Å². The van der Waals surface area contributed by atoms with E-state index in [0.717, 1.165) is 43.6 Å². The fourth-order valence-corrected chi connectivity index (χ4v) is 5.44. The fraction of sp³-hybridized carbons (Fsp3) is 0.600. The molecule has 28 heavy (non-hydrogen) atoms. The molecule has 4 rings (SSSR count). The normalized spacial score (nSPS) is 26.2. The van der Waals surface area contributed by atoms with Gasteiger partial charge in [-0.05, 0) is 44.1 Å². The molecule has 2 saturated heterocycles. The van der Waals surface area contributed by atoms with Crippen LogP contribution in [0, 0.1) is 11.3 Å². The van der Waals surface area contributed by atoms with Crippen molar-refractivity contribution in [1.29, 1.82) is 0 Å². The Bertz CT molecular complexity index is 826. The summed E-state index contributed by atoms with van der Waals surface area (Å²) in [6.07, 6.45) is 6.61. The Kier molecular flexibility index (Phi) is 5.23. The van der Waals surface area contributed by atoms with Crippen LogP contribution in [-0.4, -0.2) is 32.9 Å². The lowest BCUT2D eigenvalue weighted by Gasteiger charge is -2.37. The molecule has 2 aliphatic heterocycles. The minimum Gasteiger partial charge on any atom is -0.368 e. The maximum Gasteiger partial charge on any atom is 0.228 e. The number of amides is 1. The number of hydrogen-bond donors (Lipinski definition) is 2. The molecule has 2 aromatic heterocycles. The van der Waals surface area contributed by atoms with Crippen molar-refractivity contribution in [3.63, 3.8) is 0 Å². The standard InChI is InChI=1S/C20H28N6OS/c1-13(2)5-7-20(18(27)23-10-14-11-28-12-24-14)9-15-3-4-16(20)26(15)17-6-8-22-19(21)25-17/h6,8,11-13,15-16H,3-5,7,9-10H2,1-2H3,(H,23,27)(H2,21,22,25)/t15-,16+,20+/m1/s1. The van der Waals surface area contributed by atoms with E-state index in [2.05, 4.69) is 39.0 Å². The lowest BCUT2D eigenvalue weighted by molar-refractivity contribution is -0.133. The fourth-order valence-electron chi connectivity index (χ4n) is 4.88. The molecule has 0 unspecified atom stereocenters. The SMILES string of the molecule is CC(C)CC[C@]1(C(=O)NCc2cscn2)C[C@H]2CC[C@@H]1N2c1ccnc(N)n1. The largest absolute Gasteiger partial charge is 0.368 e. The van der Waals surface area contributed by atoms with Gasteiger partial charge in [-0.15, -0.1) is 11.3 Å². The van der Waals surface area contributed by atoms with Gasteiger partial charge in [0.25, 0.3) is 0 Å². The lowest BCUT2D eigenvalue weighted by atomic mass is 9.69. The number of nitrogen functional groups attached to an aromatic ring is 1. The molecule has 2 aromatic rings. The molecule has 2 bridgehead atoms. The third-order valence-corrected chi connectivity index (χ3v) is 6.83. The number of fused-ring (bicyclic) bond motifs is 2. The van der Waals surface area contributed by atoms with E-state index in [-0.39, 0.29) is 23.3 Å². The summed E-state index contributed by atoms with van der Waals surface area (Å²) in [5, 5.41) is 5.16. The van der Waals surface area contributed by atoms with Gasteiger partial charge in [0.15, 0.2) is 0 Å². The van der Waals surface area contributed by atoms with Crippen LogP contribution in [0.3, 0.4) is 0 Å². The van der Waals surface area contributed by atoms with E-state index in [1.54, 1.807) is 23.0 Å². The van der Waals surface area contributed by atoms with Crippen LogP contribution in [0.5, 0.6) is 0 Å². The summed E-state index contributed by atoms with van der Waals surface area (Å²) in [5.41, 5.74) is 8.16. The number of carbonyl (C=O) groups excluding carboxylic acids is 1. The molecule has 8 heteroatoms. The van der Waals surface area contributed by atoms with Crippen molar-refractivity contribution in [2.24, 2.45) is 11.3 Å². The first-order valence-electron chi connectivity index (χ1n) is 10.0. The Balaban J connectivity index is 1.60. The van der Waals surface area contributed by atoms with E-state index in [0.29, 0.717) is 18.5 Å². The summed E-state index contributed by atoms with van der Waals surface area (Å²) >= 11 is 1.55.